The summed E-state index contributed by atoms with van der Waals surface area (Å²) < 4.78 is 59.6. The zero-order valence-electron chi connectivity index (χ0n) is 22.9. The lowest BCUT2D eigenvalue weighted by Crippen LogP contribution is -2.43. The first-order valence-electron chi connectivity index (χ1n) is 13.0. The van der Waals surface area contributed by atoms with E-state index in [4.69, 9.17) is 27.6 Å². The van der Waals surface area contributed by atoms with E-state index in [1.807, 2.05) is 0 Å². The second kappa shape index (κ2) is 11.8. The molecule has 0 spiro atoms. The molecule has 10 atom stereocenters. The summed E-state index contributed by atoms with van der Waals surface area (Å²) in [6, 6.07) is 0. The number of hydrogen-bond acceptors (Lipinski definition) is 17. The molecule has 3 fully saturated rings. The lowest BCUT2D eigenvalue weighted by molar-refractivity contribution is -0.0635. The van der Waals surface area contributed by atoms with Crippen molar-refractivity contribution < 1.29 is 56.7 Å². The molecule has 2 unspecified atom stereocenters. The number of imidazole rings is 1. The predicted octanol–water partition coefficient (Wildman–Crippen LogP) is -1.97. The summed E-state index contributed by atoms with van der Waals surface area (Å²) in [6.07, 6.45) is -9.52. The van der Waals surface area contributed by atoms with Crippen LogP contribution in [-0.4, -0.2) is 119 Å². The van der Waals surface area contributed by atoms with Crippen LogP contribution in [0, 0.1) is 0 Å². The zero-order chi connectivity index (χ0) is 32.3. The van der Waals surface area contributed by atoms with Crippen molar-refractivity contribution in [3.63, 3.8) is 0 Å². The van der Waals surface area contributed by atoms with Crippen LogP contribution in [0.5, 0.6) is 0 Å². The van der Waals surface area contributed by atoms with E-state index in [0.717, 1.165) is 23.5 Å². The summed E-state index contributed by atoms with van der Waals surface area (Å²) in [5, 5.41) is 22.1. The fourth-order valence-electron chi connectivity index (χ4n) is 5.15. The Balaban J connectivity index is 1.30. The van der Waals surface area contributed by atoms with Gasteiger partial charge in [-0.25, -0.2) is 24.1 Å². The van der Waals surface area contributed by atoms with Crippen molar-refractivity contribution in [2.45, 2.75) is 49.1 Å². The Morgan fingerprint density at radius 2 is 1.60 bits per heavy atom. The Hall–Kier alpha value is -3.24. The number of aliphatic hydroxyl groups is 2. The molecule has 0 saturated carbocycles. The molecular weight excluding hydrogens is 650 g/mol. The Morgan fingerprint density at radius 1 is 0.956 bits per heavy atom. The SMILES string of the molecule is C=Nc1c(N(C)[C@@H]2O[C@@H]3COP(=O)(O)O[C@@H]4[C@H](O)[C@@H](COP(=O)(O)O[C@H]3[C@H]2O)O[C@H]4n2cnc3c(=O)[nH]cnc32)nc[nH]c1=O. The standard InChI is InChI=1S/C21H26N8O14P2/c1-22-10-16(23-5-25-18(10)32)28(2)20-13(31)14-9(41-20)4-39-45(36,37)43-15-12(30)8(3-38-44(34,35)42-14)40-21(15)29-7-27-11-17(29)24-6-26-19(11)33/h5-9,12-15,20-21,30-31H,1,3-4H2,2H3,(H,34,35)(H,36,37)(H,23,25,32)(H,24,26,33)/t8-,9-,12-,13-,14-,15-,20-,21-/m1/s1. The van der Waals surface area contributed by atoms with Gasteiger partial charge in [-0.05, 0) is 6.72 Å². The number of ether oxygens (including phenoxy) is 2. The van der Waals surface area contributed by atoms with Gasteiger partial charge in [0, 0.05) is 7.05 Å². The molecule has 24 heteroatoms. The first-order chi connectivity index (χ1) is 21.3. The number of aromatic amines is 2. The number of aliphatic imine (C=N–C) groups is 1. The molecule has 3 aromatic heterocycles. The Kier molecular flexibility index (Phi) is 8.35. The molecule has 6 rings (SSSR count). The van der Waals surface area contributed by atoms with Crippen LogP contribution < -0.4 is 16.0 Å². The van der Waals surface area contributed by atoms with E-state index in [2.05, 4.69) is 36.6 Å². The van der Waals surface area contributed by atoms with Gasteiger partial charge < -0.3 is 44.3 Å². The number of likely N-dealkylation sites (N-methyl/N-ethyl adjacent to an activating group) is 1. The second-order valence-electron chi connectivity index (χ2n) is 10.0. The van der Waals surface area contributed by atoms with Gasteiger partial charge >= 0.3 is 15.6 Å². The molecule has 6 N–H and O–H groups in total. The first-order valence-corrected chi connectivity index (χ1v) is 16.0. The molecule has 0 aliphatic carbocycles. The molecule has 6 heterocycles. The highest BCUT2D eigenvalue weighted by Gasteiger charge is 2.54. The van der Waals surface area contributed by atoms with Crippen LogP contribution in [0.4, 0.5) is 11.5 Å². The van der Waals surface area contributed by atoms with Gasteiger partial charge in [0.25, 0.3) is 11.1 Å². The average Bonchev–Trinajstić information content (AvgIpc) is 3.64. The number of aromatic nitrogens is 6. The molecule has 45 heavy (non-hydrogen) atoms. The third-order valence-electron chi connectivity index (χ3n) is 7.26. The number of fused-ring (bicyclic) bond motifs is 4. The molecule has 3 aliphatic rings. The fourth-order valence-corrected chi connectivity index (χ4v) is 7.05. The van der Waals surface area contributed by atoms with E-state index in [-0.39, 0.29) is 22.7 Å². The number of phosphoric acid groups is 2. The molecular formula is C21H26N8O14P2. The second-order valence-corrected chi connectivity index (χ2v) is 12.8. The van der Waals surface area contributed by atoms with Crippen LogP contribution >= 0.6 is 15.6 Å². The molecule has 3 aromatic rings. The summed E-state index contributed by atoms with van der Waals surface area (Å²) in [5.41, 5.74) is -1.64. The van der Waals surface area contributed by atoms with Crippen molar-refractivity contribution in [3.05, 3.63) is 39.7 Å². The van der Waals surface area contributed by atoms with Crippen molar-refractivity contribution in [2.24, 2.45) is 4.99 Å². The van der Waals surface area contributed by atoms with Crippen molar-refractivity contribution >= 4 is 45.0 Å². The van der Waals surface area contributed by atoms with Crippen molar-refractivity contribution in [3.8, 4) is 0 Å². The molecule has 0 amide bonds. The molecule has 244 valence electrons. The minimum atomic E-state index is -5.11. The summed E-state index contributed by atoms with van der Waals surface area (Å²) in [6.45, 7) is 1.65. The minimum Gasteiger partial charge on any atom is -0.387 e. The van der Waals surface area contributed by atoms with Gasteiger partial charge in [-0.1, -0.05) is 0 Å². The van der Waals surface area contributed by atoms with Crippen molar-refractivity contribution in [2.75, 3.05) is 25.2 Å². The maximum absolute atomic E-state index is 13.2. The molecule has 3 aliphatic heterocycles. The van der Waals surface area contributed by atoms with Gasteiger partial charge in [-0.2, -0.15) is 0 Å². The summed E-state index contributed by atoms with van der Waals surface area (Å²) in [5.74, 6) is -0.0932. The number of phosphoric ester groups is 2. The monoisotopic (exact) mass is 676 g/mol. The van der Waals surface area contributed by atoms with E-state index < -0.39 is 89.1 Å². The quantitative estimate of drug-likeness (QED) is 0.129. The zero-order valence-corrected chi connectivity index (χ0v) is 24.7. The van der Waals surface area contributed by atoms with Crippen LogP contribution in [-0.2, 0) is 36.7 Å². The predicted molar refractivity (Wildman–Crippen MR) is 147 cm³/mol. The van der Waals surface area contributed by atoms with Gasteiger partial charge in [-0.15, -0.1) is 0 Å². The Labute approximate surface area is 250 Å². The van der Waals surface area contributed by atoms with E-state index in [1.54, 1.807) is 0 Å². The third kappa shape index (κ3) is 5.91. The van der Waals surface area contributed by atoms with Crippen LogP contribution in [0.25, 0.3) is 11.2 Å². The number of nitrogens with zero attached hydrogens (tertiary/aromatic N) is 6. The van der Waals surface area contributed by atoms with Gasteiger partial charge in [0.05, 0.1) is 32.2 Å². The molecule has 2 bridgehead atoms. The Morgan fingerprint density at radius 3 is 2.31 bits per heavy atom. The summed E-state index contributed by atoms with van der Waals surface area (Å²) in [4.78, 5) is 67.0. The van der Waals surface area contributed by atoms with Gasteiger partial charge in [-0.3, -0.25) is 37.2 Å². The smallest absolute Gasteiger partial charge is 0.387 e. The maximum Gasteiger partial charge on any atom is 0.472 e. The Bertz CT molecular complexity index is 1820. The van der Waals surface area contributed by atoms with E-state index >= 15 is 0 Å². The number of hydrogen-bond donors (Lipinski definition) is 6. The topological polar surface area (TPSA) is 295 Å². The number of rotatable bonds is 4. The fraction of sp³-hybridized carbons (Fsp3) is 0.524. The molecule has 0 radical (unpaired) electrons. The number of anilines is 1. The van der Waals surface area contributed by atoms with Crippen molar-refractivity contribution in [1.82, 2.24) is 29.5 Å². The highest BCUT2D eigenvalue weighted by Crippen LogP contribution is 2.53. The average molecular weight is 676 g/mol. The highest BCUT2D eigenvalue weighted by atomic mass is 31.2. The first kappa shape index (κ1) is 31.7. The lowest BCUT2D eigenvalue weighted by Gasteiger charge is -2.28. The van der Waals surface area contributed by atoms with Crippen molar-refractivity contribution in [1.29, 1.82) is 0 Å². The van der Waals surface area contributed by atoms with E-state index in [0.29, 0.717) is 0 Å². The number of H-pyrrole nitrogens is 2. The van der Waals surface area contributed by atoms with Gasteiger partial charge in [0.15, 0.2) is 35.1 Å². The largest absolute Gasteiger partial charge is 0.472 e. The van der Waals surface area contributed by atoms with Gasteiger partial charge in [0.1, 0.15) is 36.6 Å². The number of aliphatic hydroxyl groups excluding tert-OH is 2. The number of nitrogens with one attached hydrogen (secondary N) is 2. The molecule has 22 nitrogen and oxygen atoms in total. The van der Waals surface area contributed by atoms with E-state index in [9.17, 15) is 38.7 Å². The lowest BCUT2D eigenvalue weighted by atomic mass is 10.1. The van der Waals surface area contributed by atoms with Crippen LogP contribution in [0.2, 0.25) is 0 Å². The third-order valence-corrected chi connectivity index (χ3v) is 9.23. The van der Waals surface area contributed by atoms with Crippen LogP contribution in [0.1, 0.15) is 6.23 Å². The minimum absolute atomic E-state index is 0.0341. The maximum atomic E-state index is 13.2. The van der Waals surface area contributed by atoms with Gasteiger partial charge in [0.2, 0.25) is 0 Å². The molecule has 0 aromatic carbocycles. The summed E-state index contributed by atoms with van der Waals surface area (Å²) >= 11 is 0. The summed E-state index contributed by atoms with van der Waals surface area (Å²) in [7, 11) is -8.84. The van der Waals surface area contributed by atoms with Crippen LogP contribution in [0.3, 0.4) is 0 Å². The van der Waals surface area contributed by atoms with Crippen LogP contribution in [0.15, 0.2) is 33.6 Å². The molecule has 3 saturated heterocycles. The highest BCUT2D eigenvalue weighted by molar-refractivity contribution is 7.47. The normalized spacial score (nSPS) is 37.4. The van der Waals surface area contributed by atoms with E-state index in [1.165, 1.54) is 11.9 Å².